The summed E-state index contributed by atoms with van der Waals surface area (Å²) in [5.74, 6) is 0.292. The number of aromatic hydroxyl groups is 2. The molecular formula is C14H16N2O4. The molecule has 0 saturated heterocycles. The number of carbonyl (C=O) groups excluding carboxylic acids is 2. The van der Waals surface area contributed by atoms with Crippen molar-refractivity contribution in [3.05, 3.63) is 48.5 Å². The van der Waals surface area contributed by atoms with Crippen LogP contribution in [0, 0.1) is 0 Å². The van der Waals surface area contributed by atoms with Gasteiger partial charge in [-0.1, -0.05) is 24.3 Å². The van der Waals surface area contributed by atoms with Gasteiger partial charge in [0, 0.05) is 0 Å². The molecule has 0 aliphatic rings. The Bertz CT molecular complexity index is 453. The molecule has 0 heterocycles. The third kappa shape index (κ3) is 7.33. The Labute approximate surface area is 116 Å². The molecule has 20 heavy (non-hydrogen) atoms. The summed E-state index contributed by atoms with van der Waals surface area (Å²) in [4.78, 5) is 17.6. The third-order valence-corrected chi connectivity index (χ3v) is 1.93. The Morgan fingerprint density at radius 3 is 1.15 bits per heavy atom. The van der Waals surface area contributed by atoms with Crippen molar-refractivity contribution in [2.24, 2.45) is 0 Å². The van der Waals surface area contributed by atoms with Crippen molar-refractivity contribution in [2.45, 2.75) is 0 Å². The van der Waals surface area contributed by atoms with Gasteiger partial charge in [-0.25, -0.2) is 0 Å². The predicted octanol–water partition coefficient (Wildman–Crippen LogP) is 1.33. The fourth-order valence-corrected chi connectivity index (χ4v) is 0.975. The number of rotatable bonds is 1. The van der Waals surface area contributed by atoms with Crippen molar-refractivity contribution in [2.75, 3.05) is 11.5 Å². The van der Waals surface area contributed by atoms with Crippen molar-refractivity contribution in [3.63, 3.8) is 0 Å². The van der Waals surface area contributed by atoms with Gasteiger partial charge in [-0.3, -0.25) is 9.59 Å². The highest BCUT2D eigenvalue weighted by Gasteiger charge is 1.88. The van der Waals surface area contributed by atoms with E-state index in [0.29, 0.717) is 11.4 Å². The van der Waals surface area contributed by atoms with E-state index in [4.69, 9.17) is 31.3 Å². The van der Waals surface area contributed by atoms with Crippen LogP contribution >= 0.6 is 0 Å². The largest absolute Gasteiger partial charge is 0.506 e. The molecule has 0 atom stereocenters. The lowest BCUT2D eigenvalue weighted by molar-refractivity contribution is -0.122. The van der Waals surface area contributed by atoms with E-state index >= 15 is 0 Å². The number of nitrogen functional groups attached to an aromatic ring is 2. The second-order valence-corrected chi connectivity index (χ2v) is 3.39. The number of nitrogens with two attached hydrogens (primary N) is 2. The van der Waals surface area contributed by atoms with Gasteiger partial charge in [0.15, 0.2) is 12.6 Å². The van der Waals surface area contributed by atoms with E-state index in [-0.39, 0.29) is 24.1 Å². The van der Waals surface area contributed by atoms with Gasteiger partial charge in [0.1, 0.15) is 11.5 Å². The Morgan fingerprint density at radius 2 is 1.00 bits per heavy atom. The summed E-state index contributed by atoms with van der Waals surface area (Å²) < 4.78 is 0. The van der Waals surface area contributed by atoms with Crippen molar-refractivity contribution in [3.8, 4) is 11.5 Å². The molecular weight excluding hydrogens is 260 g/mol. The van der Waals surface area contributed by atoms with Gasteiger partial charge in [-0.05, 0) is 24.3 Å². The molecule has 106 valence electrons. The van der Waals surface area contributed by atoms with Crippen LogP contribution in [0.15, 0.2) is 48.5 Å². The summed E-state index contributed by atoms with van der Waals surface area (Å²) in [6, 6.07) is 13.4. The van der Waals surface area contributed by atoms with Crippen LogP contribution < -0.4 is 11.5 Å². The molecule has 2 aromatic carbocycles. The van der Waals surface area contributed by atoms with Crippen LogP contribution in [0.5, 0.6) is 11.5 Å². The summed E-state index contributed by atoms with van der Waals surface area (Å²) in [5.41, 5.74) is 11.4. The second kappa shape index (κ2) is 9.95. The highest BCUT2D eigenvalue weighted by atomic mass is 16.3. The molecule has 0 spiro atoms. The van der Waals surface area contributed by atoms with Crippen LogP contribution in [-0.2, 0) is 9.59 Å². The Balaban J connectivity index is 0.000000289. The number of hydrogen-bond donors (Lipinski definition) is 4. The van der Waals surface area contributed by atoms with Crippen LogP contribution in [0.2, 0.25) is 0 Å². The Hall–Kier alpha value is -3.02. The van der Waals surface area contributed by atoms with Gasteiger partial charge in [0.25, 0.3) is 0 Å². The Kier molecular flexibility index (Phi) is 8.45. The molecule has 0 saturated carbocycles. The van der Waals surface area contributed by atoms with Crippen LogP contribution in [0.4, 0.5) is 11.4 Å². The van der Waals surface area contributed by atoms with Crippen molar-refractivity contribution in [1.29, 1.82) is 0 Å². The maximum absolute atomic E-state index is 8.81. The first-order valence-corrected chi connectivity index (χ1v) is 5.48. The Morgan fingerprint density at radius 1 is 0.700 bits per heavy atom. The van der Waals surface area contributed by atoms with Crippen LogP contribution in [0.3, 0.4) is 0 Å². The third-order valence-electron chi connectivity index (χ3n) is 1.93. The standard InChI is InChI=1S/2C6H7NO.C2H2O2/c2*7-5-3-1-2-4-6(5)8;3-1-2-4/h2*1-4,8H,7H2;1-2H. The lowest BCUT2D eigenvalue weighted by Gasteiger charge is -1.92. The first-order valence-electron chi connectivity index (χ1n) is 5.48. The molecule has 0 aliphatic carbocycles. The maximum atomic E-state index is 8.81. The van der Waals surface area contributed by atoms with E-state index < -0.39 is 0 Å². The SMILES string of the molecule is Nc1ccccc1O.Nc1ccccc1O.O=CC=O. The smallest absolute Gasteiger partial charge is 0.182 e. The van der Waals surface area contributed by atoms with Crippen molar-refractivity contribution < 1.29 is 19.8 Å². The molecule has 2 aromatic rings. The van der Waals surface area contributed by atoms with Gasteiger partial charge >= 0.3 is 0 Å². The molecule has 2 rings (SSSR count). The van der Waals surface area contributed by atoms with Gasteiger partial charge < -0.3 is 21.7 Å². The van der Waals surface area contributed by atoms with Gasteiger partial charge in [-0.15, -0.1) is 0 Å². The molecule has 0 unspecified atom stereocenters. The molecule has 6 N–H and O–H groups in total. The topological polar surface area (TPSA) is 127 Å². The molecule has 0 radical (unpaired) electrons. The highest BCUT2D eigenvalue weighted by Crippen LogP contribution is 2.16. The first-order chi connectivity index (χ1) is 9.52. The molecule has 0 fully saturated rings. The molecule has 0 bridgehead atoms. The van der Waals surface area contributed by atoms with E-state index in [2.05, 4.69) is 0 Å². The minimum Gasteiger partial charge on any atom is -0.506 e. The maximum Gasteiger partial charge on any atom is 0.182 e. The molecule has 6 heteroatoms. The normalized spacial score (nSPS) is 8.20. The monoisotopic (exact) mass is 276 g/mol. The van der Waals surface area contributed by atoms with E-state index in [9.17, 15) is 0 Å². The zero-order chi connectivity index (χ0) is 15.4. The number of carbonyl (C=O) groups is 2. The number of hydrogen-bond acceptors (Lipinski definition) is 6. The van der Waals surface area contributed by atoms with Gasteiger partial charge in [-0.2, -0.15) is 0 Å². The average Bonchev–Trinajstić information content (AvgIpc) is 2.46. The number of anilines is 2. The fraction of sp³-hybridized carbons (Fsp3) is 0. The predicted molar refractivity (Wildman–Crippen MR) is 77.2 cm³/mol. The van der Waals surface area contributed by atoms with Crippen LogP contribution in [0.25, 0.3) is 0 Å². The quantitative estimate of drug-likeness (QED) is 0.269. The lowest BCUT2D eigenvalue weighted by atomic mass is 10.3. The van der Waals surface area contributed by atoms with E-state index in [1.165, 1.54) is 0 Å². The number of benzene rings is 2. The fourth-order valence-electron chi connectivity index (χ4n) is 0.975. The zero-order valence-corrected chi connectivity index (χ0v) is 10.6. The van der Waals surface area contributed by atoms with Crippen LogP contribution in [0.1, 0.15) is 0 Å². The average molecular weight is 276 g/mol. The summed E-state index contributed by atoms with van der Waals surface area (Å²) in [7, 11) is 0. The van der Waals surface area contributed by atoms with Crippen molar-refractivity contribution >= 4 is 23.9 Å². The lowest BCUT2D eigenvalue weighted by Crippen LogP contribution is -1.82. The summed E-state index contributed by atoms with van der Waals surface area (Å²) in [6.07, 6.45) is 0.389. The minimum absolute atomic E-state index is 0.146. The van der Waals surface area contributed by atoms with Crippen molar-refractivity contribution in [1.82, 2.24) is 0 Å². The van der Waals surface area contributed by atoms with Crippen LogP contribution in [-0.4, -0.2) is 22.8 Å². The summed E-state index contributed by atoms with van der Waals surface area (Å²) in [5, 5.41) is 17.6. The summed E-state index contributed by atoms with van der Waals surface area (Å²) >= 11 is 0. The van der Waals surface area contributed by atoms with E-state index in [1.54, 1.807) is 48.5 Å². The number of phenolic OH excluding ortho intramolecular Hbond substituents is 2. The minimum atomic E-state index is 0.146. The van der Waals surface area contributed by atoms with Gasteiger partial charge in [0.2, 0.25) is 0 Å². The zero-order valence-electron chi connectivity index (χ0n) is 10.6. The number of aldehydes is 2. The molecule has 0 aliphatic heterocycles. The van der Waals surface area contributed by atoms with Gasteiger partial charge in [0.05, 0.1) is 11.4 Å². The second-order valence-electron chi connectivity index (χ2n) is 3.39. The molecule has 0 aromatic heterocycles. The highest BCUT2D eigenvalue weighted by molar-refractivity contribution is 6.09. The first kappa shape index (κ1) is 17.0. The van der Waals surface area contributed by atoms with E-state index in [1.807, 2.05) is 0 Å². The summed E-state index contributed by atoms with van der Waals surface area (Å²) in [6.45, 7) is 0. The van der Waals surface area contributed by atoms with E-state index in [0.717, 1.165) is 0 Å². The number of phenols is 2. The molecule has 6 nitrogen and oxygen atoms in total. The number of para-hydroxylation sites is 4. The molecule has 0 amide bonds.